The van der Waals surface area contributed by atoms with Gasteiger partial charge in [-0.05, 0) is 32.0 Å². The summed E-state index contributed by atoms with van der Waals surface area (Å²) in [5.74, 6) is -1.12. The molecule has 0 heterocycles. The van der Waals surface area contributed by atoms with Crippen LogP contribution < -0.4 is 4.72 Å². The van der Waals surface area contributed by atoms with Crippen molar-refractivity contribution >= 4 is 21.9 Å². The molecule has 0 spiro atoms. The van der Waals surface area contributed by atoms with Crippen molar-refractivity contribution in [2.45, 2.75) is 24.8 Å². The second kappa shape index (κ2) is 7.37. The Labute approximate surface area is 130 Å². The van der Waals surface area contributed by atoms with E-state index in [9.17, 15) is 18.0 Å². The first kappa shape index (κ1) is 18.1. The van der Waals surface area contributed by atoms with Crippen LogP contribution in [0.3, 0.4) is 0 Å². The van der Waals surface area contributed by atoms with Crippen molar-refractivity contribution in [1.29, 1.82) is 0 Å². The molecule has 8 heteroatoms. The van der Waals surface area contributed by atoms with Gasteiger partial charge in [0.05, 0.1) is 10.5 Å². The number of hydrogen-bond donors (Lipinski definition) is 1. The topological polar surface area (TPSA) is 92.8 Å². The Morgan fingerprint density at radius 3 is 2.45 bits per heavy atom. The Bertz CT molecular complexity index is 653. The molecule has 0 bridgehead atoms. The summed E-state index contributed by atoms with van der Waals surface area (Å²) < 4.78 is 31.4. The number of amides is 1. The van der Waals surface area contributed by atoms with Crippen LogP contribution in [-0.4, -0.2) is 51.9 Å². The zero-order valence-electron chi connectivity index (χ0n) is 13.0. The summed E-state index contributed by atoms with van der Waals surface area (Å²) in [6.07, 6.45) is 0. The standard InChI is InChI=1S/C14H20N2O5S/c1-10(2)15-22(19,20)12-7-5-6-11(8-12)14(18)21-9-13(17)16(3)4/h5-8,10,15H,9H2,1-4H3. The van der Waals surface area contributed by atoms with Gasteiger partial charge >= 0.3 is 5.97 Å². The molecule has 0 fully saturated rings. The van der Waals surface area contributed by atoms with Gasteiger partial charge in [-0.25, -0.2) is 17.9 Å². The number of sulfonamides is 1. The summed E-state index contributed by atoms with van der Waals surface area (Å²) in [7, 11) is -0.608. The normalized spacial score (nSPS) is 11.3. The highest BCUT2D eigenvalue weighted by molar-refractivity contribution is 7.89. The molecular weight excluding hydrogens is 308 g/mol. The van der Waals surface area contributed by atoms with Gasteiger partial charge in [0, 0.05) is 20.1 Å². The highest BCUT2D eigenvalue weighted by Gasteiger charge is 2.18. The predicted octanol–water partition coefficient (Wildman–Crippen LogP) is 0.618. The van der Waals surface area contributed by atoms with E-state index in [1.807, 2.05) is 0 Å². The molecule has 1 rings (SSSR count). The maximum absolute atomic E-state index is 12.0. The molecule has 1 amide bonds. The van der Waals surface area contributed by atoms with Crippen molar-refractivity contribution in [3.63, 3.8) is 0 Å². The predicted molar refractivity (Wildman–Crippen MR) is 80.9 cm³/mol. The lowest BCUT2D eigenvalue weighted by Gasteiger charge is -2.12. The SMILES string of the molecule is CC(C)NS(=O)(=O)c1cccc(C(=O)OCC(=O)N(C)C)c1. The van der Waals surface area contributed by atoms with Crippen molar-refractivity contribution in [2.24, 2.45) is 0 Å². The number of esters is 1. The van der Waals surface area contributed by atoms with Gasteiger partial charge in [0.25, 0.3) is 5.91 Å². The van der Waals surface area contributed by atoms with Crippen LogP contribution in [0.2, 0.25) is 0 Å². The number of nitrogens with one attached hydrogen (secondary N) is 1. The van der Waals surface area contributed by atoms with Crippen molar-refractivity contribution in [3.8, 4) is 0 Å². The number of rotatable bonds is 6. The molecule has 0 atom stereocenters. The molecule has 1 N–H and O–H groups in total. The minimum Gasteiger partial charge on any atom is -0.452 e. The first-order valence-corrected chi connectivity index (χ1v) is 8.11. The fourth-order valence-corrected chi connectivity index (χ4v) is 2.80. The van der Waals surface area contributed by atoms with E-state index in [2.05, 4.69) is 4.72 Å². The van der Waals surface area contributed by atoms with Crippen molar-refractivity contribution in [3.05, 3.63) is 29.8 Å². The van der Waals surface area contributed by atoms with Gasteiger partial charge < -0.3 is 9.64 Å². The third-order valence-corrected chi connectivity index (χ3v) is 4.25. The second-order valence-electron chi connectivity index (χ2n) is 5.17. The van der Waals surface area contributed by atoms with E-state index in [1.165, 1.54) is 29.2 Å². The first-order chi connectivity index (χ1) is 10.1. The fourth-order valence-electron chi connectivity index (χ4n) is 1.51. The molecule has 7 nitrogen and oxygen atoms in total. The molecule has 0 aromatic heterocycles. The number of nitrogens with zero attached hydrogens (tertiary/aromatic N) is 1. The summed E-state index contributed by atoms with van der Waals surface area (Å²) in [6, 6.07) is 5.20. The van der Waals surface area contributed by atoms with Crippen LogP contribution in [0.5, 0.6) is 0 Å². The van der Waals surface area contributed by atoms with Crippen LogP contribution >= 0.6 is 0 Å². The van der Waals surface area contributed by atoms with Crippen LogP contribution in [0.25, 0.3) is 0 Å². The molecule has 0 aliphatic carbocycles. The van der Waals surface area contributed by atoms with E-state index in [4.69, 9.17) is 4.74 Å². The smallest absolute Gasteiger partial charge is 0.338 e. The average molecular weight is 328 g/mol. The highest BCUT2D eigenvalue weighted by Crippen LogP contribution is 2.13. The summed E-state index contributed by atoms with van der Waals surface area (Å²) in [4.78, 5) is 24.5. The van der Waals surface area contributed by atoms with Gasteiger partial charge in [0.2, 0.25) is 10.0 Å². The minimum atomic E-state index is -3.69. The summed E-state index contributed by atoms with van der Waals surface area (Å²) in [5, 5.41) is 0. The Balaban J connectivity index is 2.88. The number of carbonyl (C=O) groups excluding carboxylic acids is 2. The number of likely N-dealkylation sites (N-methyl/N-ethyl adjacent to an activating group) is 1. The Morgan fingerprint density at radius 1 is 1.27 bits per heavy atom. The average Bonchev–Trinajstić information content (AvgIpc) is 2.43. The summed E-state index contributed by atoms with van der Waals surface area (Å²) in [6.45, 7) is 3.00. The van der Waals surface area contributed by atoms with Gasteiger partial charge in [-0.3, -0.25) is 4.79 Å². The summed E-state index contributed by atoms with van der Waals surface area (Å²) in [5.41, 5.74) is 0.0678. The van der Waals surface area contributed by atoms with E-state index in [0.29, 0.717) is 0 Å². The molecule has 0 unspecified atom stereocenters. The van der Waals surface area contributed by atoms with Gasteiger partial charge in [-0.1, -0.05) is 6.07 Å². The van der Waals surface area contributed by atoms with Crippen LogP contribution in [0.15, 0.2) is 29.2 Å². The lowest BCUT2D eigenvalue weighted by Crippen LogP contribution is -2.30. The molecule has 0 radical (unpaired) electrons. The molecule has 0 aliphatic heterocycles. The fraction of sp³-hybridized carbons (Fsp3) is 0.429. The number of ether oxygens (including phenoxy) is 1. The lowest BCUT2D eigenvalue weighted by molar-refractivity contribution is -0.131. The third kappa shape index (κ3) is 5.12. The molecule has 22 heavy (non-hydrogen) atoms. The molecule has 1 aromatic rings. The first-order valence-electron chi connectivity index (χ1n) is 6.63. The zero-order chi connectivity index (χ0) is 16.9. The maximum atomic E-state index is 12.0. The van der Waals surface area contributed by atoms with Crippen LogP contribution in [0.4, 0.5) is 0 Å². The zero-order valence-corrected chi connectivity index (χ0v) is 13.8. The molecule has 0 aliphatic rings. The van der Waals surface area contributed by atoms with E-state index < -0.39 is 22.6 Å². The quantitative estimate of drug-likeness (QED) is 0.773. The highest BCUT2D eigenvalue weighted by atomic mass is 32.2. The maximum Gasteiger partial charge on any atom is 0.338 e. The van der Waals surface area contributed by atoms with E-state index in [0.717, 1.165) is 0 Å². The second-order valence-corrected chi connectivity index (χ2v) is 6.88. The molecule has 0 saturated carbocycles. The van der Waals surface area contributed by atoms with Crippen LogP contribution in [-0.2, 0) is 19.6 Å². The Hall–Kier alpha value is -1.93. The van der Waals surface area contributed by atoms with Crippen LogP contribution in [0.1, 0.15) is 24.2 Å². The van der Waals surface area contributed by atoms with Gasteiger partial charge in [0.15, 0.2) is 6.61 Å². The van der Waals surface area contributed by atoms with Gasteiger partial charge in [-0.15, -0.1) is 0 Å². The van der Waals surface area contributed by atoms with E-state index in [1.54, 1.807) is 27.9 Å². The minimum absolute atomic E-state index is 0.0328. The number of benzene rings is 1. The summed E-state index contributed by atoms with van der Waals surface area (Å²) >= 11 is 0. The number of carbonyl (C=O) groups is 2. The number of hydrogen-bond acceptors (Lipinski definition) is 5. The Kier molecular flexibility index (Phi) is 6.07. The molecule has 1 aromatic carbocycles. The molecular formula is C14H20N2O5S. The van der Waals surface area contributed by atoms with Crippen molar-refractivity contribution < 1.29 is 22.7 Å². The lowest BCUT2D eigenvalue weighted by atomic mass is 10.2. The van der Waals surface area contributed by atoms with Crippen molar-refractivity contribution in [2.75, 3.05) is 20.7 Å². The molecule has 122 valence electrons. The Morgan fingerprint density at radius 2 is 1.91 bits per heavy atom. The third-order valence-electron chi connectivity index (χ3n) is 2.60. The van der Waals surface area contributed by atoms with Gasteiger partial charge in [-0.2, -0.15) is 0 Å². The van der Waals surface area contributed by atoms with Crippen molar-refractivity contribution in [1.82, 2.24) is 9.62 Å². The largest absolute Gasteiger partial charge is 0.452 e. The van der Waals surface area contributed by atoms with Crippen LogP contribution in [0, 0.1) is 0 Å². The monoisotopic (exact) mass is 328 g/mol. The van der Waals surface area contributed by atoms with E-state index in [-0.39, 0.29) is 22.4 Å². The van der Waals surface area contributed by atoms with E-state index >= 15 is 0 Å². The van der Waals surface area contributed by atoms with Gasteiger partial charge in [0.1, 0.15) is 0 Å². The molecule has 0 saturated heterocycles.